The number of ether oxygens (including phenoxy) is 2. The highest BCUT2D eigenvalue weighted by Gasteiger charge is 2.44. The summed E-state index contributed by atoms with van der Waals surface area (Å²) in [6, 6.07) is -0.728. The van der Waals surface area contributed by atoms with Crippen molar-refractivity contribution in [2.24, 2.45) is 0 Å². The Balaban J connectivity index is 2.11. The summed E-state index contributed by atoms with van der Waals surface area (Å²) in [5, 5.41) is 54.6. The number of allylic oxidation sites excluding steroid dienone is 20. The van der Waals surface area contributed by atoms with Gasteiger partial charge in [0.1, 0.15) is 24.4 Å². The van der Waals surface area contributed by atoms with E-state index in [9.17, 15) is 30.3 Å². The zero-order chi connectivity index (χ0) is 55.8. The Labute approximate surface area is 471 Å². The average Bonchev–Trinajstić information content (AvgIpc) is 3.43. The lowest BCUT2D eigenvalue weighted by Crippen LogP contribution is -2.60. The van der Waals surface area contributed by atoms with Crippen molar-refractivity contribution in [2.45, 2.75) is 288 Å². The van der Waals surface area contributed by atoms with Crippen molar-refractivity contribution in [3.8, 4) is 0 Å². The zero-order valence-electron chi connectivity index (χ0n) is 48.9. The number of aliphatic hydroxyl groups excluding tert-OH is 5. The predicted molar refractivity (Wildman–Crippen MR) is 327 cm³/mol. The summed E-state index contributed by atoms with van der Waals surface area (Å²) in [5.41, 5.74) is 0. The molecule has 0 aliphatic carbocycles. The topological polar surface area (TPSA) is 149 Å². The second-order valence-corrected chi connectivity index (χ2v) is 21.1. The van der Waals surface area contributed by atoms with Gasteiger partial charge in [-0.2, -0.15) is 0 Å². The van der Waals surface area contributed by atoms with Crippen molar-refractivity contribution in [1.82, 2.24) is 5.32 Å². The Morgan fingerprint density at radius 3 is 1.19 bits per heavy atom. The molecule has 0 aromatic heterocycles. The van der Waals surface area contributed by atoms with Crippen LogP contribution in [0.25, 0.3) is 0 Å². The van der Waals surface area contributed by atoms with Crippen molar-refractivity contribution in [3.63, 3.8) is 0 Å². The number of unbranched alkanes of at least 4 members (excludes halogenated alkanes) is 22. The highest BCUT2D eigenvalue weighted by atomic mass is 16.7. The van der Waals surface area contributed by atoms with Gasteiger partial charge in [-0.3, -0.25) is 4.79 Å². The fourth-order valence-electron chi connectivity index (χ4n) is 9.19. The largest absolute Gasteiger partial charge is 0.394 e. The highest BCUT2D eigenvalue weighted by Crippen LogP contribution is 2.23. The summed E-state index contributed by atoms with van der Waals surface area (Å²) in [4.78, 5) is 13.1. The first-order valence-corrected chi connectivity index (χ1v) is 31.2. The summed E-state index contributed by atoms with van der Waals surface area (Å²) in [7, 11) is 0. The van der Waals surface area contributed by atoms with Crippen LogP contribution in [0.3, 0.4) is 0 Å². The van der Waals surface area contributed by atoms with Gasteiger partial charge in [-0.15, -0.1) is 0 Å². The fraction of sp³-hybridized carbons (Fsp3) is 0.691. The summed E-state index contributed by atoms with van der Waals surface area (Å²) < 4.78 is 11.3. The number of carbonyl (C=O) groups excluding carboxylic acids is 1. The molecule has 0 bridgehead atoms. The molecule has 1 heterocycles. The highest BCUT2D eigenvalue weighted by molar-refractivity contribution is 5.76. The molecule has 1 saturated heterocycles. The summed E-state index contributed by atoms with van der Waals surface area (Å²) >= 11 is 0. The summed E-state index contributed by atoms with van der Waals surface area (Å²) in [5.74, 6) is -0.153. The number of hydrogen-bond donors (Lipinski definition) is 6. The van der Waals surface area contributed by atoms with E-state index in [2.05, 4.69) is 141 Å². The molecule has 1 aliphatic rings. The first kappa shape index (κ1) is 71.6. The number of aliphatic hydroxyl groups is 5. The van der Waals surface area contributed by atoms with Crippen LogP contribution in [0.15, 0.2) is 122 Å². The van der Waals surface area contributed by atoms with Gasteiger partial charge in [0.15, 0.2) is 6.29 Å². The van der Waals surface area contributed by atoms with E-state index in [1.807, 2.05) is 0 Å². The van der Waals surface area contributed by atoms with E-state index >= 15 is 0 Å². The van der Waals surface area contributed by atoms with Crippen molar-refractivity contribution < 1.29 is 39.8 Å². The van der Waals surface area contributed by atoms with Crippen LogP contribution in [-0.2, 0) is 14.3 Å². The van der Waals surface area contributed by atoms with Gasteiger partial charge in [-0.25, -0.2) is 0 Å². The van der Waals surface area contributed by atoms with Crippen LogP contribution in [0.5, 0.6) is 0 Å². The maximum absolute atomic E-state index is 13.1. The van der Waals surface area contributed by atoms with E-state index in [-0.39, 0.29) is 12.5 Å². The molecule has 7 unspecified atom stereocenters. The van der Waals surface area contributed by atoms with Gasteiger partial charge in [0.25, 0.3) is 0 Å². The second kappa shape index (κ2) is 55.9. The third-order valence-electron chi connectivity index (χ3n) is 14.1. The van der Waals surface area contributed by atoms with Crippen molar-refractivity contribution >= 4 is 5.91 Å². The second-order valence-electron chi connectivity index (χ2n) is 21.1. The number of nitrogens with one attached hydrogen (secondary N) is 1. The zero-order valence-corrected chi connectivity index (χ0v) is 48.9. The maximum atomic E-state index is 13.1. The van der Waals surface area contributed by atoms with Gasteiger partial charge in [0.05, 0.1) is 25.4 Å². The van der Waals surface area contributed by atoms with Crippen LogP contribution >= 0.6 is 0 Å². The van der Waals surface area contributed by atoms with Crippen LogP contribution in [0.2, 0.25) is 0 Å². The molecule has 440 valence electrons. The summed E-state index contributed by atoms with van der Waals surface area (Å²) in [6.45, 7) is 3.71. The third kappa shape index (κ3) is 45.1. The Morgan fingerprint density at radius 2 is 0.805 bits per heavy atom. The molecule has 6 N–H and O–H groups in total. The SMILES string of the molecule is CC/C=C\C/C=C\C/C=C\C/C=C\C/C=C\C/C=C\C/C=C\C/C=C\C/C=C\C/C=C\CCCCCCCCCCCCC(=O)NC(COC1OC(CO)C(O)C(O)C1O)C(O)CCCCCCCCCCCCCCC. The molecule has 77 heavy (non-hydrogen) atoms. The minimum atomic E-state index is -1.56. The Morgan fingerprint density at radius 1 is 0.455 bits per heavy atom. The monoisotopic (exact) mass is 1070 g/mol. The minimum Gasteiger partial charge on any atom is -0.394 e. The number of rotatable bonds is 52. The lowest BCUT2D eigenvalue weighted by molar-refractivity contribution is -0.302. The first-order chi connectivity index (χ1) is 37.8. The van der Waals surface area contributed by atoms with E-state index in [1.54, 1.807) is 0 Å². The molecule has 0 aromatic carbocycles. The fourth-order valence-corrected chi connectivity index (χ4v) is 9.19. The summed E-state index contributed by atoms with van der Waals surface area (Å²) in [6.07, 6.45) is 76.7. The molecule has 1 amide bonds. The molecule has 0 saturated carbocycles. The van der Waals surface area contributed by atoms with Crippen molar-refractivity contribution in [1.29, 1.82) is 0 Å². The lowest BCUT2D eigenvalue weighted by atomic mass is 9.99. The Kier molecular flexibility index (Phi) is 52.0. The normalized spacial score (nSPS) is 19.6. The smallest absolute Gasteiger partial charge is 0.220 e. The molecule has 1 aliphatic heterocycles. The van der Waals surface area contributed by atoms with Crippen LogP contribution in [0, 0.1) is 0 Å². The first-order valence-electron chi connectivity index (χ1n) is 31.2. The third-order valence-corrected chi connectivity index (χ3v) is 14.1. The molecule has 9 nitrogen and oxygen atoms in total. The number of carbonyl (C=O) groups is 1. The molecular formula is C68H115NO8. The van der Waals surface area contributed by atoms with Gasteiger partial charge in [0, 0.05) is 6.42 Å². The number of amides is 1. The lowest BCUT2D eigenvalue weighted by Gasteiger charge is -2.40. The molecule has 0 spiro atoms. The molecule has 0 radical (unpaired) electrons. The molecular weight excluding hydrogens is 959 g/mol. The maximum Gasteiger partial charge on any atom is 0.220 e. The van der Waals surface area contributed by atoms with Crippen molar-refractivity contribution in [3.05, 3.63) is 122 Å². The molecule has 0 aromatic rings. The number of hydrogen-bond acceptors (Lipinski definition) is 8. The molecule has 7 atom stereocenters. The van der Waals surface area contributed by atoms with E-state index < -0.39 is 49.5 Å². The van der Waals surface area contributed by atoms with E-state index in [4.69, 9.17) is 9.47 Å². The van der Waals surface area contributed by atoms with E-state index in [0.717, 1.165) is 109 Å². The molecule has 9 heteroatoms. The van der Waals surface area contributed by atoms with Crippen molar-refractivity contribution in [2.75, 3.05) is 13.2 Å². The standard InChI is InChI=1S/C68H115NO8/c1-3-5-7-9-11-13-15-17-18-19-20-21-22-23-24-25-26-27-28-29-30-31-32-33-34-35-36-37-38-39-40-41-42-43-44-46-48-50-52-54-56-58-64(72)69-61(60-76-68-67(75)66(74)65(73)63(59-70)77-68)62(71)57-55-53-51-49-47-45-16-14-12-10-8-6-4-2/h5,7,11,13,17-18,20-21,23-24,26-27,29-30,32-33,35-36,38-39,61-63,65-68,70-71,73-75H,3-4,6,8-10,12,14-16,19,22,25,28,31,34,37,40-60H2,1-2H3,(H,69,72)/b7-5-,13-11-,18-17-,21-20-,24-23-,27-26-,30-29-,33-32-,36-35-,39-38-. The van der Waals surface area contributed by atoms with Crippen LogP contribution in [0.1, 0.15) is 245 Å². The van der Waals surface area contributed by atoms with Crippen LogP contribution < -0.4 is 5.32 Å². The quantitative estimate of drug-likeness (QED) is 0.0261. The molecule has 1 fully saturated rings. The predicted octanol–water partition coefficient (Wildman–Crippen LogP) is 16.3. The van der Waals surface area contributed by atoms with Gasteiger partial charge in [-0.1, -0.05) is 270 Å². The van der Waals surface area contributed by atoms with Crippen LogP contribution in [-0.4, -0.2) is 87.5 Å². The average molecular weight is 1070 g/mol. The molecule has 1 rings (SSSR count). The Bertz CT molecular complexity index is 1620. The van der Waals surface area contributed by atoms with Gasteiger partial charge in [-0.05, 0) is 89.9 Å². The van der Waals surface area contributed by atoms with Gasteiger partial charge >= 0.3 is 0 Å². The minimum absolute atomic E-state index is 0.145. The van der Waals surface area contributed by atoms with Crippen LogP contribution in [0.4, 0.5) is 0 Å². The van der Waals surface area contributed by atoms with Gasteiger partial charge < -0.3 is 40.3 Å². The Hall–Kier alpha value is -3.41. The van der Waals surface area contributed by atoms with E-state index in [0.29, 0.717) is 12.8 Å². The van der Waals surface area contributed by atoms with E-state index in [1.165, 1.54) is 109 Å². The van der Waals surface area contributed by atoms with Gasteiger partial charge in [0.2, 0.25) is 5.91 Å².